The summed E-state index contributed by atoms with van der Waals surface area (Å²) in [6.07, 6.45) is 2.21. The predicted molar refractivity (Wildman–Crippen MR) is 150 cm³/mol. The summed E-state index contributed by atoms with van der Waals surface area (Å²) in [6.45, 7) is 15.9. The van der Waals surface area contributed by atoms with Gasteiger partial charge in [0.1, 0.15) is 0 Å². The van der Waals surface area contributed by atoms with Crippen LogP contribution in [0.25, 0.3) is 0 Å². The lowest BCUT2D eigenvalue weighted by Crippen LogP contribution is -2.34. The average molecular weight is 496 g/mol. The molecule has 2 aromatic rings. The van der Waals surface area contributed by atoms with Gasteiger partial charge in [-0.3, -0.25) is 9.59 Å². The van der Waals surface area contributed by atoms with E-state index in [0.717, 1.165) is 25.9 Å². The van der Waals surface area contributed by atoms with E-state index >= 15 is 0 Å². The summed E-state index contributed by atoms with van der Waals surface area (Å²) in [5.41, 5.74) is 16.9. The molecule has 2 rings (SSSR count). The van der Waals surface area contributed by atoms with Crippen LogP contribution in [0.3, 0.4) is 0 Å². The Hall–Kier alpha value is -3.06. The largest absolute Gasteiger partial charge is 0.397 e. The maximum atomic E-state index is 12.1. The zero-order valence-corrected chi connectivity index (χ0v) is 22.9. The number of nitrogen functional groups attached to an aromatic ring is 2. The Balaban J connectivity index is 1.65. The first-order valence-electron chi connectivity index (χ1n) is 12.8. The molecule has 0 atom stereocenters. The van der Waals surface area contributed by atoms with Gasteiger partial charge in [0.2, 0.25) is 5.91 Å². The van der Waals surface area contributed by atoms with Crippen LogP contribution in [0.2, 0.25) is 0 Å². The number of nitrogens with one attached hydrogen (secondary N) is 3. The molecular weight excluding hydrogens is 450 g/mol. The van der Waals surface area contributed by atoms with Gasteiger partial charge in [0.25, 0.3) is 5.91 Å². The molecule has 0 unspecified atom stereocenters. The Labute approximate surface area is 216 Å². The molecule has 0 bridgehead atoms. The summed E-state index contributed by atoms with van der Waals surface area (Å²) in [4.78, 5) is 24.2. The van der Waals surface area contributed by atoms with Crippen LogP contribution in [-0.2, 0) is 22.2 Å². The highest BCUT2D eigenvalue weighted by atomic mass is 16.2. The standard InChI is InChI=1S/C29H45N5O2/c1-28(2,3)22-15-20(16-23(18-22)29(4,5)6)19-32-12-8-7-9-26(35)33-13-14-34-27(36)21-10-11-24(30)25(31)17-21/h10-11,15-18,32H,7-9,12-14,19,30-31H2,1-6H3,(H,33,35)(H,34,36). The smallest absolute Gasteiger partial charge is 0.251 e. The fourth-order valence-electron chi connectivity index (χ4n) is 3.71. The number of hydrogen-bond acceptors (Lipinski definition) is 5. The molecule has 2 aromatic carbocycles. The predicted octanol–water partition coefficient (Wildman–Crippen LogP) is 4.25. The topological polar surface area (TPSA) is 122 Å². The Morgan fingerprint density at radius 2 is 1.36 bits per heavy atom. The normalized spacial score (nSPS) is 11.8. The third-order valence-corrected chi connectivity index (χ3v) is 6.14. The number of rotatable bonds is 11. The van der Waals surface area contributed by atoms with Crippen LogP contribution < -0.4 is 27.4 Å². The fraction of sp³-hybridized carbons (Fsp3) is 0.517. The van der Waals surface area contributed by atoms with Gasteiger partial charge in [-0.05, 0) is 65.1 Å². The van der Waals surface area contributed by atoms with Crippen LogP contribution in [-0.4, -0.2) is 31.4 Å². The highest BCUT2D eigenvalue weighted by Gasteiger charge is 2.20. The molecule has 0 saturated carbocycles. The second-order valence-corrected chi connectivity index (χ2v) is 11.5. The van der Waals surface area contributed by atoms with Gasteiger partial charge in [0.15, 0.2) is 0 Å². The Morgan fingerprint density at radius 3 is 1.94 bits per heavy atom. The minimum Gasteiger partial charge on any atom is -0.397 e. The minimum atomic E-state index is -0.246. The van der Waals surface area contributed by atoms with E-state index in [4.69, 9.17) is 11.5 Å². The van der Waals surface area contributed by atoms with E-state index in [-0.39, 0.29) is 22.6 Å². The molecule has 2 amide bonds. The molecule has 0 aliphatic rings. The monoisotopic (exact) mass is 495 g/mol. The Kier molecular flexibility index (Phi) is 10.3. The van der Waals surface area contributed by atoms with Crippen molar-refractivity contribution >= 4 is 23.2 Å². The Morgan fingerprint density at radius 1 is 0.750 bits per heavy atom. The van der Waals surface area contributed by atoms with Crippen LogP contribution in [0, 0.1) is 0 Å². The third-order valence-electron chi connectivity index (χ3n) is 6.14. The first-order valence-corrected chi connectivity index (χ1v) is 12.8. The van der Waals surface area contributed by atoms with Crippen LogP contribution in [0.5, 0.6) is 0 Å². The van der Waals surface area contributed by atoms with Crippen molar-refractivity contribution < 1.29 is 9.59 Å². The zero-order chi connectivity index (χ0) is 26.9. The van der Waals surface area contributed by atoms with Crippen molar-refractivity contribution in [3.05, 3.63) is 58.7 Å². The number of unbranched alkanes of at least 4 members (excludes halogenated alkanes) is 1. The molecule has 198 valence electrons. The van der Waals surface area contributed by atoms with E-state index in [0.29, 0.717) is 36.4 Å². The maximum absolute atomic E-state index is 12.1. The van der Waals surface area contributed by atoms with E-state index in [2.05, 4.69) is 75.7 Å². The molecule has 0 aromatic heterocycles. The summed E-state index contributed by atoms with van der Waals surface area (Å²) in [7, 11) is 0. The molecule has 36 heavy (non-hydrogen) atoms. The molecule has 0 saturated heterocycles. The number of carbonyl (C=O) groups excluding carboxylic acids is 2. The summed E-state index contributed by atoms with van der Waals surface area (Å²) in [5, 5.41) is 9.14. The van der Waals surface area contributed by atoms with Crippen LogP contribution in [0.4, 0.5) is 11.4 Å². The minimum absolute atomic E-state index is 0.00586. The maximum Gasteiger partial charge on any atom is 0.251 e. The molecule has 0 aliphatic heterocycles. The summed E-state index contributed by atoms with van der Waals surface area (Å²) >= 11 is 0. The molecule has 7 N–H and O–H groups in total. The SMILES string of the molecule is CC(C)(C)c1cc(CNCCCCC(=O)NCCNC(=O)c2ccc(N)c(N)c2)cc(C(C)(C)C)c1. The molecule has 0 heterocycles. The van der Waals surface area contributed by atoms with Gasteiger partial charge in [-0.25, -0.2) is 0 Å². The molecule has 7 heteroatoms. The number of anilines is 2. The van der Waals surface area contributed by atoms with Crippen molar-refractivity contribution in [2.45, 2.75) is 78.2 Å². The molecule has 7 nitrogen and oxygen atoms in total. The van der Waals surface area contributed by atoms with E-state index in [1.807, 2.05) is 0 Å². The first-order chi connectivity index (χ1) is 16.8. The van der Waals surface area contributed by atoms with Crippen molar-refractivity contribution in [1.29, 1.82) is 0 Å². The van der Waals surface area contributed by atoms with Gasteiger partial charge in [-0.15, -0.1) is 0 Å². The van der Waals surface area contributed by atoms with Crippen molar-refractivity contribution in [1.82, 2.24) is 16.0 Å². The van der Waals surface area contributed by atoms with Crippen molar-refractivity contribution in [3.8, 4) is 0 Å². The first kappa shape index (κ1) is 29.2. The van der Waals surface area contributed by atoms with E-state index in [9.17, 15) is 9.59 Å². The number of benzene rings is 2. The van der Waals surface area contributed by atoms with Crippen molar-refractivity contribution in [2.24, 2.45) is 0 Å². The third kappa shape index (κ3) is 9.53. The Bertz CT molecular complexity index is 1000. The van der Waals surface area contributed by atoms with E-state index in [1.54, 1.807) is 18.2 Å². The average Bonchev–Trinajstić information content (AvgIpc) is 2.79. The van der Waals surface area contributed by atoms with Gasteiger partial charge in [0, 0.05) is 31.6 Å². The quantitative estimate of drug-likeness (QED) is 0.236. The van der Waals surface area contributed by atoms with Gasteiger partial charge in [-0.1, -0.05) is 59.7 Å². The van der Waals surface area contributed by atoms with E-state index < -0.39 is 0 Å². The van der Waals surface area contributed by atoms with Crippen molar-refractivity contribution in [3.63, 3.8) is 0 Å². The fourth-order valence-corrected chi connectivity index (χ4v) is 3.71. The molecule has 0 radical (unpaired) electrons. The number of nitrogens with two attached hydrogens (primary N) is 2. The highest BCUT2D eigenvalue weighted by molar-refractivity contribution is 5.96. The molecule has 0 spiro atoms. The molecular formula is C29H45N5O2. The summed E-state index contributed by atoms with van der Waals surface area (Å²) in [5.74, 6) is -0.252. The second-order valence-electron chi connectivity index (χ2n) is 11.5. The zero-order valence-electron chi connectivity index (χ0n) is 22.9. The lowest BCUT2D eigenvalue weighted by molar-refractivity contribution is -0.121. The van der Waals surface area contributed by atoms with Gasteiger partial charge >= 0.3 is 0 Å². The van der Waals surface area contributed by atoms with Crippen LogP contribution >= 0.6 is 0 Å². The van der Waals surface area contributed by atoms with Gasteiger partial charge in [-0.2, -0.15) is 0 Å². The van der Waals surface area contributed by atoms with E-state index in [1.165, 1.54) is 16.7 Å². The van der Waals surface area contributed by atoms with Crippen LogP contribution in [0.15, 0.2) is 36.4 Å². The number of hydrogen-bond donors (Lipinski definition) is 5. The number of amides is 2. The van der Waals surface area contributed by atoms with Crippen LogP contribution in [0.1, 0.15) is 87.9 Å². The molecule has 0 aliphatic carbocycles. The van der Waals surface area contributed by atoms with Crippen molar-refractivity contribution in [2.75, 3.05) is 31.1 Å². The second kappa shape index (κ2) is 12.8. The highest BCUT2D eigenvalue weighted by Crippen LogP contribution is 2.30. The lowest BCUT2D eigenvalue weighted by atomic mass is 9.79. The lowest BCUT2D eigenvalue weighted by Gasteiger charge is -2.26. The summed E-state index contributed by atoms with van der Waals surface area (Å²) in [6, 6.07) is 11.7. The summed E-state index contributed by atoms with van der Waals surface area (Å²) < 4.78 is 0. The van der Waals surface area contributed by atoms with Gasteiger partial charge in [0.05, 0.1) is 11.4 Å². The molecule has 0 fully saturated rings. The van der Waals surface area contributed by atoms with Gasteiger partial charge < -0.3 is 27.4 Å². The number of carbonyl (C=O) groups is 2.